The van der Waals surface area contributed by atoms with Crippen molar-refractivity contribution >= 4 is 5.97 Å². The van der Waals surface area contributed by atoms with Crippen LogP contribution in [0.5, 0.6) is 0 Å². The third-order valence-electron chi connectivity index (χ3n) is 2.11. The first kappa shape index (κ1) is 15.2. The Hall–Kier alpha value is -0.830. The highest BCUT2D eigenvalue weighted by Gasteiger charge is 1.98. The van der Waals surface area contributed by atoms with Gasteiger partial charge in [-0.2, -0.15) is 0 Å². The van der Waals surface area contributed by atoms with Gasteiger partial charge >= 0.3 is 5.97 Å². The van der Waals surface area contributed by atoms with Crippen molar-refractivity contribution in [1.29, 1.82) is 0 Å². The van der Waals surface area contributed by atoms with E-state index < -0.39 is 0 Å². The van der Waals surface area contributed by atoms with Gasteiger partial charge in [0.25, 0.3) is 0 Å². The summed E-state index contributed by atoms with van der Waals surface area (Å²) in [6, 6.07) is 0. The van der Waals surface area contributed by atoms with E-state index in [1.54, 1.807) is 6.08 Å². The Kier molecular flexibility index (Phi) is 11.6. The second-order valence-corrected chi connectivity index (χ2v) is 3.74. The number of esters is 1. The largest absolute Gasteiger partial charge is 0.465 e. The van der Waals surface area contributed by atoms with Crippen LogP contribution in [0, 0.1) is 0 Å². The number of carbonyl (C=O) groups excluding carboxylic acids is 1. The van der Waals surface area contributed by atoms with E-state index in [9.17, 15) is 4.79 Å². The molecule has 3 heteroatoms. The summed E-state index contributed by atoms with van der Waals surface area (Å²) in [6.45, 7) is 7.83. The molecule has 0 aromatic carbocycles. The summed E-state index contributed by atoms with van der Waals surface area (Å²) < 4.78 is 10.3. The Morgan fingerprint density at radius 2 is 1.81 bits per heavy atom. The summed E-state index contributed by atoms with van der Waals surface area (Å²) in [5.41, 5.74) is 0. The van der Waals surface area contributed by atoms with Gasteiger partial charge in [-0.1, -0.05) is 19.4 Å². The molecule has 0 aliphatic carbocycles. The van der Waals surface area contributed by atoms with Crippen LogP contribution in [0.25, 0.3) is 0 Å². The average Bonchev–Trinajstić information content (AvgIpc) is 2.27. The SMILES string of the molecule is C=CCC(=O)OCCCCCCOCCC. The average molecular weight is 228 g/mol. The maximum absolute atomic E-state index is 10.9. The smallest absolute Gasteiger partial charge is 0.309 e. The van der Waals surface area contributed by atoms with Gasteiger partial charge < -0.3 is 9.47 Å². The summed E-state index contributed by atoms with van der Waals surface area (Å²) in [4.78, 5) is 10.9. The maximum atomic E-state index is 10.9. The second kappa shape index (κ2) is 12.2. The highest BCUT2D eigenvalue weighted by molar-refractivity contribution is 5.70. The molecular weight excluding hydrogens is 204 g/mol. The quantitative estimate of drug-likeness (QED) is 0.310. The molecule has 16 heavy (non-hydrogen) atoms. The molecule has 3 nitrogen and oxygen atoms in total. The fourth-order valence-corrected chi connectivity index (χ4v) is 1.27. The van der Waals surface area contributed by atoms with Crippen molar-refractivity contribution in [2.45, 2.75) is 45.4 Å². The first-order chi connectivity index (χ1) is 7.81. The van der Waals surface area contributed by atoms with Crippen molar-refractivity contribution in [3.8, 4) is 0 Å². The molecule has 0 N–H and O–H groups in total. The Morgan fingerprint density at radius 3 is 2.44 bits per heavy atom. The molecule has 0 bridgehead atoms. The van der Waals surface area contributed by atoms with Gasteiger partial charge in [0.1, 0.15) is 0 Å². The Morgan fingerprint density at radius 1 is 1.12 bits per heavy atom. The van der Waals surface area contributed by atoms with E-state index in [4.69, 9.17) is 9.47 Å². The van der Waals surface area contributed by atoms with Gasteiger partial charge in [-0.3, -0.25) is 4.79 Å². The molecule has 0 fully saturated rings. The van der Waals surface area contributed by atoms with Crippen molar-refractivity contribution in [1.82, 2.24) is 0 Å². The van der Waals surface area contributed by atoms with E-state index in [-0.39, 0.29) is 5.97 Å². The number of hydrogen-bond acceptors (Lipinski definition) is 3. The van der Waals surface area contributed by atoms with Crippen LogP contribution in [0.15, 0.2) is 12.7 Å². The lowest BCUT2D eigenvalue weighted by molar-refractivity contribution is -0.142. The Labute approximate surface area is 98.8 Å². The Balaban J connectivity index is 3.03. The summed E-state index contributed by atoms with van der Waals surface area (Å²) in [7, 11) is 0. The molecule has 0 spiro atoms. The van der Waals surface area contributed by atoms with Crippen LogP contribution >= 0.6 is 0 Å². The summed E-state index contributed by atoms with van der Waals surface area (Å²) in [5, 5.41) is 0. The second-order valence-electron chi connectivity index (χ2n) is 3.74. The lowest BCUT2D eigenvalue weighted by Gasteiger charge is -2.04. The molecule has 0 aliphatic rings. The van der Waals surface area contributed by atoms with Crippen LogP contribution in [0.4, 0.5) is 0 Å². The number of ether oxygens (including phenoxy) is 2. The third kappa shape index (κ3) is 11.2. The molecule has 0 rings (SSSR count). The lowest BCUT2D eigenvalue weighted by atomic mass is 10.2. The summed E-state index contributed by atoms with van der Waals surface area (Å²) in [5.74, 6) is -0.179. The van der Waals surface area contributed by atoms with E-state index in [1.807, 2.05) is 0 Å². The number of hydrogen-bond donors (Lipinski definition) is 0. The normalized spacial score (nSPS) is 10.1. The predicted octanol–water partition coefficient (Wildman–Crippen LogP) is 3.09. The van der Waals surface area contributed by atoms with Crippen molar-refractivity contribution in [3.05, 3.63) is 12.7 Å². The topological polar surface area (TPSA) is 35.5 Å². The van der Waals surface area contributed by atoms with Gasteiger partial charge in [0, 0.05) is 13.2 Å². The van der Waals surface area contributed by atoms with Gasteiger partial charge in [-0.25, -0.2) is 0 Å². The van der Waals surface area contributed by atoms with Gasteiger partial charge in [0.15, 0.2) is 0 Å². The van der Waals surface area contributed by atoms with Crippen LogP contribution in [0.1, 0.15) is 45.4 Å². The number of carbonyl (C=O) groups is 1. The molecule has 0 heterocycles. The first-order valence-corrected chi connectivity index (χ1v) is 6.15. The van der Waals surface area contributed by atoms with Crippen LogP contribution in [0.3, 0.4) is 0 Å². The molecule has 0 saturated heterocycles. The van der Waals surface area contributed by atoms with E-state index >= 15 is 0 Å². The number of unbranched alkanes of at least 4 members (excludes halogenated alkanes) is 3. The minimum Gasteiger partial charge on any atom is -0.465 e. The highest BCUT2D eigenvalue weighted by Crippen LogP contribution is 2.01. The molecule has 0 aromatic rings. The molecule has 0 atom stereocenters. The monoisotopic (exact) mass is 228 g/mol. The zero-order chi connectivity index (χ0) is 12.1. The Bertz CT molecular complexity index is 178. The summed E-state index contributed by atoms with van der Waals surface area (Å²) in [6.07, 6.45) is 7.23. The first-order valence-electron chi connectivity index (χ1n) is 6.15. The summed E-state index contributed by atoms with van der Waals surface area (Å²) >= 11 is 0. The fourth-order valence-electron chi connectivity index (χ4n) is 1.27. The maximum Gasteiger partial charge on any atom is 0.309 e. The van der Waals surface area contributed by atoms with Gasteiger partial charge in [0.2, 0.25) is 0 Å². The molecule has 0 aliphatic heterocycles. The minimum atomic E-state index is -0.179. The van der Waals surface area contributed by atoms with Crippen molar-refractivity contribution in [2.24, 2.45) is 0 Å². The standard InChI is InChI=1S/C13H24O3/c1-3-9-13(14)16-12-8-6-5-7-11-15-10-4-2/h3H,1,4-12H2,2H3. The van der Waals surface area contributed by atoms with Gasteiger partial charge in [-0.05, 0) is 25.7 Å². The highest BCUT2D eigenvalue weighted by atomic mass is 16.5. The predicted molar refractivity (Wildman–Crippen MR) is 65.4 cm³/mol. The fraction of sp³-hybridized carbons (Fsp3) is 0.769. The lowest BCUT2D eigenvalue weighted by Crippen LogP contribution is -2.04. The third-order valence-corrected chi connectivity index (χ3v) is 2.11. The van der Waals surface area contributed by atoms with Crippen LogP contribution < -0.4 is 0 Å². The molecular formula is C13H24O3. The molecule has 0 aromatic heterocycles. The molecule has 0 unspecified atom stereocenters. The van der Waals surface area contributed by atoms with Crippen LogP contribution in [-0.4, -0.2) is 25.8 Å². The van der Waals surface area contributed by atoms with E-state index in [0.717, 1.165) is 45.3 Å². The van der Waals surface area contributed by atoms with E-state index in [1.165, 1.54) is 0 Å². The van der Waals surface area contributed by atoms with Gasteiger partial charge in [-0.15, -0.1) is 6.58 Å². The van der Waals surface area contributed by atoms with E-state index in [2.05, 4.69) is 13.5 Å². The van der Waals surface area contributed by atoms with Crippen LogP contribution in [0.2, 0.25) is 0 Å². The molecule has 0 radical (unpaired) electrons. The van der Waals surface area contributed by atoms with Crippen molar-refractivity contribution in [3.63, 3.8) is 0 Å². The molecule has 94 valence electrons. The van der Waals surface area contributed by atoms with E-state index in [0.29, 0.717) is 13.0 Å². The van der Waals surface area contributed by atoms with Crippen molar-refractivity contribution < 1.29 is 14.3 Å². The molecule has 0 saturated carbocycles. The van der Waals surface area contributed by atoms with Crippen LogP contribution in [-0.2, 0) is 14.3 Å². The zero-order valence-electron chi connectivity index (χ0n) is 10.4. The van der Waals surface area contributed by atoms with Crippen molar-refractivity contribution in [2.75, 3.05) is 19.8 Å². The zero-order valence-corrected chi connectivity index (χ0v) is 10.4. The molecule has 0 amide bonds. The number of rotatable bonds is 11. The van der Waals surface area contributed by atoms with Gasteiger partial charge in [0.05, 0.1) is 13.0 Å². The minimum absolute atomic E-state index is 0.179.